The number of hydrogen-bond donors (Lipinski definition) is 1. The van der Waals surface area contributed by atoms with Gasteiger partial charge in [0.2, 0.25) is 0 Å². The monoisotopic (exact) mass is 291 g/mol. The maximum Gasteiger partial charge on any atom is 0.0598 e. The van der Waals surface area contributed by atoms with Crippen LogP contribution in [0.1, 0.15) is 39.2 Å². The van der Waals surface area contributed by atoms with E-state index in [2.05, 4.69) is 42.0 Å². The Bertz CT molecular complexity index is 440. The van der Waals surface area contributed by atoms with Crippen LogP contribution >= 0.6 is 0 Å². The van der Waals surface area contributed by atoms with Crippen LogP contribution in [-0.2, 0) is 11.3 Å². The Balaban J connectivity index is 2.08. The van der Waals surface area contributed by atoms with Crippen LogP contribution in [0.3, 0.4) is 0 Å². The van der Waals surface area contributed by atoms with Crippen molar-refractivity contribution in [1.82, 2.24) is 10.3 Å². The minimum absolute atomic E-state index is 0.126. The Morgan fingerprint density at radius 2 is 2.24 bits per heavy atom. The standard InChI is InChI=1S/C17H29N3O/c1-17(2,3)19-10-15-7-8-18-11-16(15)20-9-5-6-14(12-20)13-21-4/h7-8,11,14,19H,5-6,9-10,12-13H2,1-4H3. The average Bonchev–Trinajstić information content (AvgIpc) is 2.45. The Morgan fingerprint density at radius 3 is 2.95 bits per heavy atom. The molecule has 0 aliphatic carbocycles. The maximum absolute atomic E-state index is 5.33. The topological polar surface area (TPSA) is 37.4 Å². The highest BCUT2D eigenvalue weighted by Crippen LogP contribution is 2.26. The van der Waals surface area contributed by atoms with Gasteiger partial charge in [0, 0.05) is 38.5 Å². The van der Waals surface area contributed by atoms with Crippen LogP contribution in [0.5, 0.6) is 0 Å². The van der Waals surface area contributed by atoms with Gasteiger partial charge < -0.3 is 15.0 Å². The molecular weight excluding hydrogens is 262 g/mol. The van der Waals surface area contributed by atoms with Crippen molar-refractivity contribution in [3.05, 3.63) is 24.0 Å². The van der Waals surface area contributed by atoms with Crippen LogP contribution in [-0.4, -0.2) is 37.3 Å². The van der Waals surface area contributed by atoms with E-state index >= 15 is 0 Å². The van der Waals surface area contributed by atoms with Crippen LogP contribution in [0.2, 0.25) is 0 Å². The summed E-state index contributed by atoms with van der Waals surface area (Å²) >= 11 is 0. The molecule has 21 heavy (non-hydrogen) atoms. The molecule has 4 heteroatoms. The summed E-state index contributed by atoms with van der Waals surface area (Å²) in [5, 5.41) is 3.57. The number of hydrogen-bond acceptors (Lipinski definition) is 4. The molecule has 118 valence electrons. The van der Waals surface area contributed by atoms with Gasteiger partial charge in [0.1, 0.15) is 0 Å². The highest BCUT2D eigenvalue weighted by atomic mass is 16.5. The molecule has 0 radical (unpaired) electrons. The highest BCUT2D eigenvalue weighted by Gasteiger charge is 2.22. The number of anilines is 1. The van der Waals surface area contributed by atoms with Gasteiger partial charge in [-0.25, -0.2) is 0 Å². The Hall–Kier alpha value is -1.13. The maximum atomic E-state index is 5.33. The second kappa shape index (κ2) is 7.23. The van der Waals surface area contributed by atoms with Crippen LogP contribution in [0.4, 0.5) is 5.69 Å². The predicted octanol–water partition coefficient (Wildman–Crippen LogP) is 2.83. The van der Waals surface area contributed by atoms with Gasteiger partial charge in [-0.3, -0.25) is 4.98 Å². The summed E-state index contributed by atoms with van der Waals surface area (Å²) in [6.07, 6.45) is 6.39. The lowest BCUT2D eigenvalue weighted by Gasteiger charge is -2.35. The Labute approximate surface area is 128 Å². The van der Waals surface area contributed by atoms with E-state index in [1.807, 2.05) is 12.4 Å². The second-order valence-electron chi connectivity index (χ2n) is 7.02. The van der Waals surface area contributed by atoms with Gasteiger partial charge in [-0.1, -0.05) is 0 Å². The predicted molar refractivity (Wildman–Crippen MR) is 87.6 cm³/mol. The quantitative estimate of drug-likeness (QED) is 0.905. The number of piperidine rings is 1. The number of nitrogens with zero attached hydrogens (tertiary/aromatic N) is 2. The van der Waals surface area contributed by atoms with Gasteiger partial charge in [0.05, 0.1) is 18.5 Å². The van der Waals surface area contributed by atoms with Crippen LogP contribution in [0.25, 0.3) is 0 Å². The molecule has 1 saturated heterocycles. The zero-order chi connectivity index (χ0) is 15.3. The molecule has 1 aliphatic rings. The largest absolute Gasteiger partial charge is 0.384 e. The first kappa shape index (κ1) is 16.2. The summed E-state index contributed by atoms with van der Waals surface area (Å²) in [5.41, 5.74) is 2.73. The van der Waals surface area contributed by atoms with Crippen molar-refractivity contribution in [2.75, 3.05) is 31.7 Å². The molecular formula is C17H29N3O. The smallest absolute Gasteiger partial charge is 0.0598 e. The Kier molecular flexibility index (Phi) is 5.59. The van der Waals surface area contributed by atoms with Crippen molar-refractivity contribution >= 4 is 5.69 Å². The molecule has 1 N–H and O–H groups in total. The van der Waals surface area contributed by atoms with E-state index in [0.717, 1.165) is 26.2 Å². The van der Waals surface area contributed by atoms with Crippen molar-refractivity contribution in [3.63, 3.8) is 0 Å². The third kappa shape index (κ3) is 4.97. The van der Waals surface area contributed by atoms with Gasteiger partial charge in [0.25, 0.3) is 0 Å². The van der Waals surface area contributed by atoms with Gasteiger partial charge in [-0.05, 0) is 51.2 Å². The fourth-order valence-corrected chi connectivity index (χ4v) is 2.87. The fraction of sp³-hybridized carbons (Fsp3) is 0.706. The fourth-order valence-electron chi connectivity index (χ4n) is 2.87. The number of ether oxygens (including phenoxy) is 1. The molecule has 1 unspecified atom stereocenters. The molecule has 1 aromatic heterocycles. The van der Waals surface area contributed by atoms with E-state index in [1.165, 1.54) is 24.1 Å². The van der Waals surface area contributed by atoms with Crippen LogP contribution < -0.4 is 10.2 Å². The van der Waals surface area contributed by atoms with Crippen LogP contribution in [0, 0.1) is 5.92 Å². The van der Waals surface area contributed by atoms with Crippen molar-refractivity contribution in [2.24, 2.45) is 5.92 Å². The number of aromatic nitrogens is 1. The van der Waals surface area contributed by atoms with E-state index < -0.39 is 0 Å². The second-order valence-corrected chi connectivity index (χ2v) is 7.02. The number of pyridine rings is 1. The normalized spacial score (nSPS) is 19.8. The average molecular weight is 291 g/mol. The molecule has 1 fully saturated rings. The van der Waals surface area contributed by atoms with Gasteiger partial charge in [0.15, 0.2) is 0 Å². The minimum atomic E-state index is 0.126. The molecule has 0 aromatic carbocycles. The Morgan fingerprint density at radius 1 is 1.43 bits per heavy atom. The third-order valence-corrected chi connectivity index (χ3v) is 3.96. The van der Waals surface area contributed by atoms with Gasteiger partial charge in [-0.2, -0.15) is 0 Å². The summed E-state index contributed by atoms with van der Waals surface area (Å²) in [6.45, 7) is 10.5. The lowest BCUT2D eigenvalue weighted by atomic mass is 9.98. The lowest BCUT2D eigenvalue weighted by Crippen LogP contribution is -2.39. The molecule has 2 heterocycles. The molecule has 0 saturated carbocycles. The minimum Gasteiger partial charge on any atom is -0.384 e. The molecule has 0 spiro atoms. The summed E-state index contributed by atoms with van der Waals surface area (Å²) in [5.74, 6) is 0.632. The first-order valence-electron chi connectivity index (χ1n) is 7.91. The molecule has 4 nitrogen and oxygen atoms in total. The molecule has 1 aromatic rings. The van der Waals surface area contributed by atoms with Crippen molar-refractivity contribution in [1.29, 1.82) is 0 Å². The van der Waals surface area contributed by atoms with E-state index in [9.17, 15) is 0 Å². The van der Waals surface area contributed by atoms with Crippen molar-refractivity contribution in [2.45, 2.75) is 45.7 Å². The third-order valence-electron chi connectivity index (χ3n) is 3.96. The highest BCUT2D eigenvalue weighted by molar-refractivity contribution is 5.52. The molecule has 1 aliphatic heterocycles. The zero-order valence-corrected chi connectivity index (χ0v) is 13.9. The SMILES string of the molecule is COCC1CCCN(c2cnccc2CNC(C)(C)C)C1. The van der Waals surface area contributed by atoms with E-state index in [1.54, 1.807) is 7.11 Å². The van der Waals surface area contributed by atoms with Crippen LogP contribution in [0.15, 0.2) is 18.5 Å². The first-order valence-corrected chi connectivity index (χ1v) is 7.91. The summed E-state index contributed by atoms with van der Waals surface area (Å²) < 4.78 is 5.33. The molecule has 0 bridgehead atoms. The van der Waals surface area contributed by atoms with Gasteiger partial charge in [-0.15, -0.1) is 0 Å². The zero-order valence-electron chi connectivity index (χ0n) is 13.9. The number of methoxy groups -OCH3 is 1. The van der Waals surface area contributed by atoms with Gasteiger partial charge >= 0.3 is 0 Å². The lowest BCUT2D eigenvalue weighted by molar-refractivity contribution is 0.143. The van der Waals surface area contributed by atoms with E-state index in [0.29, 0.717) is 5.92 Å². The summed E-state index contributed by atoms with van der Waals surface area (Å²) in [7, 11) is 1.79. The van der Waals surface area contributed by atoms with Crippen molar-refractivity contribution < 1.29 is 4.74 Å². The van der Waals surface area contributed by atoms with E-state index in [4.69, 9.17) is 4.74 Å². The molecule has 0 amide bonds. The summed E-state index contributed by atoms with van der Waals surface area (Å²) in [6, 6.07) is 2.13. The van der Waals surface area contributed by atoms with E-state index in [-0.39, 0.29) is 5.54 Å². The molecule has 2 rings (SSSR count). The molecule has 1 atom stereocenters. The van der Waals surface area contributed by atoms with Crippen molar-refractivity contribution in [3.8, 4) is 0 Å². The first-order chi connectivity index (χ1) is 9.99. The number of nitrogens with one attached hydrogen (secondary N) is 1. The summed E-state index contributed by atoms with van der Waals surface area (Å²) in [4.78, 5) is 6.81. The number of rotatable bonds is 5.